The number of rotatable bonds is 5. The van der Waals surface area contributed by atoms with E-state index in [4.69, 9.17) is 14.2 Å². The molecule has 0 aromatic heterocycles. The minimum atomic E-state index is 0.480. The van der Waals surface area contributed by atoms with E-state index in [-0.39, 0.29) is 0 Å². The third kappa shape index (κ3) is 3.53. The van der Waals surface area contributed by atoms with Gasteiger partial charge in [-0.15, -0.1) is 0 Å². The van der Waals surface area contributed by atoms with Crippen molar-refractivity contribution in [3.8, 4) is 17.2 Å². The lowest BCUT2D eigenvalue weighted by Crippen LogP contribution is -2.00. The summed E-state index contributed by atoms with van der Waals surface area (Å²) in [5.41, 5.74) is 1.10. The lowest BCUT2D eigenvalue weighted by molar-refractivity contribution is 0.266. The third-order valence-corrected chi connectivity index (χ3v) is 3.40. The average molecular weight is 370 g/mol. The average Bonchev–Trinajstić information content (AvgIpc) is 2.46. The van der Waals surface area contributed by atoms with Gasteiger partial charge in [0.2, 0.25) is 5.75 Å². The Morgan fingerprint density at radius 2 is 1.47 bits per heavy atom. The summed E-state index contributed by atoms with van der Waals surface area (Å²) < 4.78 is 17.6. The van der Waals surface area contributed by atoms with Crippen molar-refractivity contribution in [3.63, 3.8) is 0 Å². The molecule has 0 heterocycles. The molecule has 0 aliphatic carbocycles. The van der Waals surface area contributed by atoms with Crippen molar-refractivity contribution in [2.75, 3.05) is 14.2 Å². The zero-order valence-electron chi connectivity index (χ0n) is 10.9. The second-order valence-electron chi connectivity index (χ2n) is 3.91. The van der Waals surface area contributed by atoms with E-state index in [1.807, 2.05) is 30.3 Å². The highest BCUT2D eigenvalue weighted by Gasteiger charge is 2.11. The highest BCUT2D eigenvalue weighted by Crippen LogP contribution is 2.37. The van der Waals surface area contributed by atoms with Crippen LogP contribution in [0, 0.1) is 3.57 Å². The maximum absolute atomic E-state index is 5.82. The molecule has 0 saturated carbocycles. The highest BCUT2D eigenvalue weighted by atomic mass is 127. The molecule has 0 radical (unpaired) electrons. The van der Waals surface area contributed by atoms with E-state index in [1.54, 1.807) is 14.2 Å². The molecule has 0 N–H and O–H groups in total. The molecule has 4 heteroatoms. The Labute approximate surface area is 126 Å². The van der Waals surface area contributed by atoms with E-state index in [1.165, 1.54) is 3.57 Å². The quantitative estimate of drug-likeness (QED) is 0.748. The summed E-state index contributed by atoms with van der Waals surface area (Å²) in [6.07, 6.45) is 0. The molecule has 0 amide bonds. The van der Waals surface area contributed by atoms with Crippen LogP contribution in [0.4, 0.5) is 0 Å². The number of para-hydroxylation sites is 1. The van der Waals surface area contributed by atoms with Crippen molar-refractivity contribution in [1.82, 2.24) is 0 Å². The van der Waals surface area contributed by atoms with Crippen LogP contribution in [0.15, 0.2) is 42.5 Å². The van der Waals surface area contributed by atoms with Gasteiger partial charge >= 0.3 is 0 Å². The summed E-state index contributed by atoms with van der Waals surface area (Å²) >= 11 is 2.28. The summed E-state index contributed by atoms with van der Waals surface area (Å²) in [4.78, 5) is 0. The zero-order valence-corrected chi connectivity index (χ0v) is 13.0. The van der Waals surface area contributed by atoms with Gasteiger partial charge in [0.25, 0.3) is 0 Å². The molecule has 19 heavy (non-hydrogen) atoms. The molecule has 0 atom stereocenters. The normalized spacial score (nSPS) is 10.1. The minimum absolute atomic E-state index is 0.480. The minimum Gasteiger partial charge on any atom is -0.493 e. The molecule has 0 fully saturated rings. The first-order valence-corrected chi connectivity index (χ1v) is 6.90. The first-order valence-electron chi connectivity index (χ1n) is 5.83. The van der Waals surface area contributed by atoms with Crippen molar-refractivity contribution < 1.29 is 14.2 Å². The maximum atomic E-state index is 5.82. The van der Waals surface area contributed by atoms with E-state index in [0.717, 1.165) is 5.56 Å². The number of ether oxygens (including phenoxy) is 3. The Hall–Kier alpha value is -1.43. The Kier molecular flexibility index (Phi) is 4.90. The monoisotopic (exact) mass is 370 g/mol. The van der Waals surface area contributed by atoms with Gasteiger partial charge in [-0.25, -0.2) is 0 Å². The van der Waals surface area contributed by atoms with E-state index in [9.17, 15) is 0 Å². The van der Waals surface area contributed by atoms with Crippen molar-refractivity contribution >= 4 is 22.6 Å². The Morgan fingerprint density at radius 1 is 0.895 bits per heavy atom. The molecule has 3 nitrogen and oxygen atoms in total. The zero-order chi connectivity index (χ0) is 13.7. The SMILES string of the molecule is COc1cccc(OC)c1OCc1ccc(I)cc1. The summed E-state index contributed by atoms with van der Waals surface area (Å²) in [7, 11) is 3.24. The van der Waals surface area contributed by atoms with Crippen molar-refractivity contribution in [1.29, 1.82) is 0 Å². The molecular weight excluding hydrogens is 355 g/mol. The molecule has 0 spiro atoms. The van der Waals surface area contributed by atoms with E-state index < -0.39 is 0 Å². The summed E-state index contributed by atoms with van der Waals surface area (Å²) in [5, 5.41) is 0. The van der Waals surface area contributed by atoms with E-state index in [2.05, 4.69) is 34.7 Å². The highest BCUT2D eigenvalue weighted by molar-refractivity contribution is 14.1. The third-order valence-electron chi connectivity index (χ3n) is 2.68. The summed E-state index contributed by atoms with van der Waals surface area (Å²) in [6, 6.07) is 13.8. The molecule has 0 saturated heterocycles. The Bertz CT molecular complexity index is 515. The smallest absolute Gasteiger partial charge is 0.203 e. The molecular formula is C15H15IO3. The first kappa shape index (κ1) is 14.0. The molecule has 0 aliphatic heterocycles. The van der Waals surface area contributed by atoms with Gasteiger partial charge < -0.3 is 14.2 Å². The van der Waals surface area contributed by atoms with Crippen LogP contribution >= 0.6 is 22.6 Å². The van der Waals surface area contributed by atoms with Crippen LogP contribution in [0.25, 0.3) is 0 Å². The van der Waals surface area contributed by atoms with Gasteiger partial charge in [0.05, 0.1) is 14.2 Å². The summed E-state index contributed by atoms with van der Waals surface area (Å²) in [5.74, 6) is 1.97. The maximum Gasteiger partial charge on any atom is 0.203 e. The van der Waals surface area contributed by atoms with Gasteiger partial charge in [-0.2, -0.15) is 0 Å². The fraction of sp³-hybridized carbons (Fsp3) is 0.200. The number of hydrogen-bond donors (Lipinski definition) is 0. The second-order valence-corrected chi connectivity index (χ2v) is 5.15. The fourth-order valence-electron chi connectivity index (χ4n) is 1.70. The number of halogens is 1. The molecule has 2 aromatic rings. The van der Waals surface area contributed by atoms with Crippen LogP contribution < -0.4 is 14.2 Å². The lowest BCUT2D eigenvalue weighted by Gasteiger charge is -2.14. The van der Waals surface area contributed by atoms with E-state index in [0.29, 0.717) is 23.9 Å². The standard InChI is InChI=1S/C15H15IO3/c1-17-13-4-3-5-14(18-2)15(13)19-10-11-6-8-12(16)9-7-11/h3-9H,10H2,1-2H3. The van der Waals surface area contributed by atoms with Gasteiger partial charge in [0, 0.05) is 3.57 Å². The van der Waals surface area contributed by atoms with Gasteiger partial charge in [0.1, 0.15) is 6.61 Å². The molecule has 0 unspecified atom stereocenters. The molecule has 100 valence electrons. The van der Waals surface area contributed by atoms with Crippen LogP contribution in [0.5, 0.6) is 17.2 Å². The van der Waals surface area contributed by atoms with Crippen molar-refractivity contribution in [2.24, 2.45) is 0 Å². The van der Waals surface area contributed by atoms with Gasteiger partial charge in [0.15, 0.2) is 11.5 Å². The topological polar surface area (TPSA) is 27.7 Å². The molecule has 0 aliphatic rings. The molecule has 0 bridgehead atoms. The van der Waals surface area contributed by atoms with Gasteiger partial charge in [-0.05, 0) is 52.4 Å². The van der Waals surface area contributed by atoms with Crippen molar-refractivity contribution in [3.05, 3.63) is 51.6 Å². The van der Waals surface area contributed by atoms with E-state index >= 15 is 0 Å². The van der Waals surface area contributed by atoms with Gasteiger partial charge in [-0.3, -0.25) is 0 Å². The van der Waals surface area contributed by atoms with Gasteiger partial charge in [-0.1, -0.05) is 18.2 Å². The molecule has 2 aromatic carbocycles. The number of methoxy groups -OCH3 is 2. The van der Waals surface area contributed by atoms with Crippen LogP contribution in [-0.2, 0) is 6.61 Å². The van der Waals surface area contributed by atoms with Crippen LogP contribution in [0.2, 0.25) is 0 Å². The predicted molar refractivity (Wildman–Crippen MR) is 83.0 cm³/mol. The Balaban J connectivity index is 2.16. The summed E-state index contributed by atoms with van der Waals surface area (Å²) in [6.45, 7) is 0.480. The largest absolute Gasteiger partial charge is 0.493 e. The van der Waals surface area contributed by atoms with Crippen LogP contribution in [0.1, 0.15) is 5.56 Å². The Morgan fingerprint density at radius 3 is 2.00 bits per heavy atom. The second kappa shape index (κ2) is 6.65. The lowest BCUT2D eigenvalue weighted by atomic mass is 10.2. The number of benzene rings is 2. The first-order chi connectivity index (χ1) is 9.24. The molecule has 2 rings (SSSR count). The predicted octanol–water partition coefficient (Wildman–Crippen LogP) is 3.89. The number of hydrogen-bond acceptors (Lipinski definition) is 3. The van der Waals surface area contributed by atoms with Crippen LogP contribution in [-0.4, -0.2) is 14.2 Å². The van der Waals surface area contributed by atoms with Crippen LogP contribution in [0.3, 0.4) is 0 Å². The fourth-order valence-corrected chi connectivity index (χ4v) is 2.06. The van der Waals surface area contributed by atoms with Crippen molar-refractivity contribution in [2.45, 2.75) is 6.61 Å².